The van der Waals surface area contributed by atoms with Gasteiger partial charge in [0.2, 0.25) is 5.91 Å². The first kappa shape index (κ1) is 16.8. The van der Waals surface area contributed by atoms with Crippen LogP contribution in [-0.4, -0.2) is 20.1 Å². The van der Waals surface area contributed by atoms with E-state index in [2.05, 4.69) is 5.32 Å². The number of hydrogen-bond donors (Lipinski definition) is 2. The van der Waals surface area contributed by atoms with E-state index in [1.54, 1.807) is 27.2 Å². The molecule has 0 bridgehead atoms. The maximum absolute atomic E-state index is 12.5. The lowest BCUT2D eigenvalue weighted by Crippen LogP contribution is -2.48. The Bertz CT molecular complexity index is 669. The SMILES string of the molecule is COc1cccc(CNC(=O)C(C)(N)c2ccccc2)c1OC. The lowest BCUT2D eigenvalue weighted by molar-refractivity contribution is -0.126. The average Bonchev–Trinajstić information content (AvgIpc) is 2.59. The van der Waals surface area contributed by atoms with Crippen LogP contribution in [0.25, 0.3) is 0 Å². The Kier molecular flexibility index (Phi) is 5.24. The number of hydrogen-bond acceptors (Lipinski definition) is 4. The highest BCUT2D eigenvalue weighted by molar-refractivity contribution is 5.87. The fourth-order valence-corrected chi connectivity index (χ4v) is 2.37. The number of methoxy groups -OCH3 is 2. The Morgan fingerprint density at radius 2 is 1.78 bits per heavy atom. The van der Waals surface area contributed by atoms with E-state index in [0.29, 0.717) is 18.0 Å². The summed E-state index contributed by atoms with van der Waals surface area (Å²) in [6, 6.07) is 14.8. The van der Waals surface area contributed by atoms with E-state index in [-0.39, 0.29) is 5.91 Å². The molecule has 2 aromatic rings. The number of carbonyl (C=O) groups excluding carboxylic acids is 1. The van der Waals surface area contributed by atoms with Crippen LogP contribution in [0.1, 0.15) is 18.1 Å². The second-order valence-corrected chi connectivity index (χ2v) is 5.40. The molecular formula is C18H22N2O3. The summed E-state index contributed by atoms with van der Waals surface area (Å²) in [5, 5.41) is 2.86. The van der Waals surface area contributed by atoms with Crippen molar-refractivity contribution >= 4 is 5.91 Å². The molecule has 0 aliphatic carbocycles. The third-order valence-electron chi connectivity index (χ3n) is 3.77. The lowest BCUT2D eigenvalue weighted by atomic mass is 9.92. The van der Waals surface area contributed by atoms with Gasteiger partial charge in [-0.05, 0) is 18.6 Å². The molecule has 0 spiro atoms. The van der Waals surface area contributed by atoms with Crippen molar-refractivity contribution in [2.24, 2.45) is 5.73 Å². The van der Waals surface area contributed by atoms with Crippen molar-refractivity contribution < 1.29 is 14.3 Å². The molecule has 2 rings (SSSR count). The molecule has 1 atom stereocenters. The number of nitrogens with two attached hydrogens (primary N) is 1. The fraction of sp³-hybridized carbons (Fsp3) is 0.278. The standard InChI is InChI=1S/C18H22N2O3/c1-18(19,14-9-5-4-6-10-14)17(21)20-12-13-8-7-11-15(22-2)16(13)23-3/h4-11H,12,19H2,1-3H3,(H,20,21). The number of benzene rings is 2. The summed E-state index contributed by atoms with van der Waals surface area (Å²) in [6.45, 7) is 2.00. The second-order valence-electron chi connectivity index (χ2n) is 5.40. The van der Waals surface area contributed by atoms with Crippen LogP contribution in [-0.2, 0) is 16.9 Å². The van der Waals surface area contributed by atoms with Crippen LogP contribution >= 0.6 is 0 Å². The smallest absolute Gasteiger partial charge is 0.244 e. The van der Waals surface area contributed by atoms with Crippen molar-refractivity contribution in [3.8, 4) is 11.5 Å². The van der Waals surface area contributed by atoms with Gasteiger partial charge in [0.05, 0.1) is 14.2 Å². The molecule has 1 amide bonds. The lowest BCUT2D eigenvalue weighted by Gasteiger charge is -2.24. The van der Waals surface area contributed by atoms with Gasteiger partial charge in [0.1, 0.15) is 5.54 Å². The minimum atomic E-state index is -1.10. The fourth-order valence-electron chi connectivity index (χ4n) is 2.37. The maximum atomic E-state index is 12.5. The predicted molar refractivity (Wildman–Crippen MR) is 89.4 cm³/mol. The largest absolute Gasteiger partial charge is 0.493 e. The van der Waals surface area contributed by atoms with Crippen molar-refractivity contribution in [3.63, 3.8) is 0 Å². The zero-order valence-electron chi connectivity index (χ0n) is 13.6. The minimum Gasteiger partial charge on any atom is -0.493 e. The van der Waals surface area contributed by atoms with Gasteiger partial charge < -0.3 is 20.5 Å². The quantitative estimate of drug-likeness (QED) is 0.857. The first-order chi connectivity index (χ1) is 11.0. The van der Waals surface area contributed by atoms with Gasteiger partial charge in [0.15, 0.2) is 11.5 Å². The zero-order chi connectivity index (χ0) is 16.9. The number of nitrogens with one attached hydrogen (secondary N) is 1. The van der Waals surface area contributed by atoms with Crippen LogP contribution < -0.4 is 20.5 Å². The number of carbonyl (C=O) groups is 1. The van der Waals surface area contributed by atoms with E-state index >= 15 is 0 Å². The molecule has 0 aliphatic rings. The van der Waals surface area contributed by atoms with E-state index < -0.39 is 5.54 Å². The summed E-state index contributed by atoms with van der Waals surface area (Å²) in [6.07, 6.45) is 0. The summed E-state index contributed by atoms with van der Waals surface area (Å²) in [5.41, 5.74) is 6.68. The minimum absolute atomic E-state index is 0.256. The maximum Gasteiger partial charge on any atom is 0.244 e. The molecule has 1 unspecified atom stereocenters. The molecule has 2 aromatic carbocycles. The van der Waals surface area contributed by atoms with Crippen molar-refractivity contribution in [1.29, 1.82) is 0 Å². The van der Waals surface area contributed by atoms with Crippen molar-refractivity contribution in [3.05, 3.63) is 59.7 Å². The summed E-state index contributed by atoms with van der Waals surface area (Å²) in [5.74, 6) is 0.972. The molecule has 0 saturated heterocycles. The molecule has 0 heterocycles. The second kappa shape index (κ2) is 7.15. The number of ether oxygens (including phenoxy) is 2. The van der Waals surface area contributed by atoms with E-state index in [1.165, 1.54) is 0 Å². The topological polar surface area (TPSA) is 73.6 Å². The third kappa shape index (κ3) is 3.63. The Labute approximate surface area is 136 Å². The molecule has 5 nitrogen and oxygen atoms in total. The van der Waals surface area contributed by atoms with Crippen molar-refractivity contribution in [2.75, 3.05) is 14.2 Å². The summed E-state index contributed by atoms with van der Waals surface area (Å²) in [4.78, 5) is 12.5. The number of amides is 1. The van der Waals surface area contributed by atoms with E-state index in [9.17, 15) is 4.79 Å². The van der Waals surface area contributed by atoms with Gasteiger partial charge in [0, 0.05) is 12.1 Å². The third-order valence-corrected chi connectivity index (χ3v) is 3.77. The van der Waals surface area contributed by atoms with Gasteiger partial charge in [-0.25, -0.2) is 0 Å². The summed E-state index contributed by atoms with van der Waals surface area (Å²) in [7, 11) is 3.15. The number of para-hydroxylation sites is 1. The van der Waals surface area contributed by atoms with Gasteiger partial charge in [-0.2, -0.15) is 0 Å². The van der Waals surface area contributed by atoms with Gasteiger partial charge in [-0.1, -0.05) is 42.5 Å². The van der Waals surface area contributed by atoms with E-state index in [1.807, 2.05) is 42.5 Å². The monoisotopic (exact) mass is 314 g/mol. The van der Waals surface area contributed by atoms with Crippen LogP contribution in [0.2, 0.25) is 0 Å². The van der Waals surface area contributed by atoms with Gasteiger partial charge in [-0.3, -0.25) is 4.79 Å². The van der Waals surface area contributed by atoms with Crippen molar-refractivity contribution in [1.82, 2.24) is 5.32 Å². The molecular weight excluding hydrogens is 292 g/mol. The molecule has 3 N–H and O–H groups in total. The van der Waals surface area contributed by atoms with E-state index in [0.717, 1.165) is 11.1 Å². The van der Waals surface area contributed by atoms with Gasteiger partial charge >= 0.3 is 0 Å². The van der Waals surface area contributed by atoms with Crippen LogP contribution in [0.5, 0.6) is 11.5 Å². The summed E-state index contributed by atoms with van der Waals surface area (Å²) >= 11 is 0. The highest BCUT2D eigenvalue weighted by Crippen LogP contribution is 2.30. The van der Waals surface area contributed by atoms with Crippen LogP contribution in [0.15, 0.2) is 48.5 Å². The highest BCUT2D eigenvalue weighted by Gasteiger charge is 2.30. The van der Waals surface area contributed by atoms with Gasteiger partial charge in [-0.15, -0.1) is 0 Å². The highest BCUT2D eigenvalue weighted by atomic mass is 16.5. The van der Waals surface area contributed by atoms with Crippen LogP contribution in [0.3, 0.4) is 0 Å². The average molecular weight is 314 g/mol. The molecule has 5 heteroatoms. The van der Waals surface area contributed by atoms with Crippen molar-refractivity contribution in [2.45, 2.75) is 19.0 Å². The molecule has 0 aromatic heterocycles. The molecule has 0 saturated carbocycles. The van der Waals surface area contributed by atoms with Gasteiger partial charge in [0.25, 0.3) is 0 Å². The molecule has 0 aliphatic heterocycles. The normalized spacial score (nSPS) is 13.0. The Morgan fingerprint density at radius 1 is 1.09 bits per heavy atom. The van der Waals surface area contributed by atoms with Crippen LogP contribution in [0.4, 0.5) is 0 Å². The summed E-state index contributed by atoms with van der Waals surface area (Å²) < 4.78 is 10.6. The Balaban J connectivity index is 2.13. The molecule has 122 valence electrons. The molecule has 0 radical (unpaired) electrons. The first-order valence-corrected chi connectivity index (χ1v) is 7.33. The predicted octanol–water partition coefficient (Wildman–Crippen LogP) is 2.19. The van der Waals surface area contributed by atoms with Crippen LogP contribution in [0, 0.1) is 0 Å². The zero-order valence-corrected chi connectivity index (χ0v) is 13.6. The molecule has 23 heavy (non-hydrogen) atoms. The Morgan fingerprint density at radius 3 is 2.39 bits per heavy atom. The first-order valence-electron chi connectivity index (χ1n) is 7.33. The van der Waals surface area contributed by atoms with E-state index in [4.69, 9.17) is 15.2 Å². The Hall–Kier alpha value is -2.53. The molecule has 0 fully saturated rings. The number of rotatable bonds is 6.